The van der Waals surface area contributed by atoms with Gasteiger partial charge in [-0.25, -0.2) is 0 Å². The van der Waals surface area contributed by atoms with Crippen LogP contribution in [0.15, 0.2) is 24.3 Å². The summed E-state index contributed by atoms with van der Waals surface area (Å²) in [4.78, 5) is 63.6. The van der Waals surface area contributed by atoms with Crippen LogP contribution >= 0.6 is 0 Å². The predicted molar refractivity (Wildman–Crippen MR) is 114 cm³/mol. The SMILES string of the molecule is CC(=O)NC(Cc1ccc(O)cc1)C(=O)N(C)C(=O)C1CCCN1C(=O)C(N)CC(N)=O. The predicted octanol–water partition coefficient (Wildman–Crippen LogP) is -1.38. The Morgan fingerprint density at radius 2 is 1.84 bits per heavy atom. The second-order valence-corrected chi connectivity index (χ2v) is 7.83. The van der Waals surface area contributed by atoms with E-state index in [4.69, 9.17) is 11.5 Å². The number of amides is 5. The summed E-state index contributed by atoms with van der Waals surface area (Å²) in [5, 5.41) is 12.0. The van der Waals surface area contributed by atoms with E-state index in [0.717, 1.165) is 4.90 Å². The summed E-state index contributed by atoms with van der Waals surface area (Å²) >= 11 is 0. The minimum atomic E-state index is -1.16. The number of primary amides is 1. The summed E-state index contributed by atoms with van der Waals surface area (Å²) in [5.41, 5.74) is 11.5. The van der Waals surface area contributed by atoms with E-state index in [1.807, 2.05) is 0 Å². The van der Waals surface area contributed by atoms with E-state index in [2.05, 4.69) is 5.32 Å². The zero-order valence-corrected chi connectivity index (χ0v) is 18.1. The van der Waals surface area contributed by atoms with Crippen molar-refractivity contribution in [2.45, 2.75) is 50.7 Å². The number of carbonyl (C=O) groups excluding carboxylic acids is 5. The summed E-state index contributed by atoms with van der Waals surface area (Å²) in [6.45, 7) is 1.53. The number of hydrogen-bond donors (Lipinski definition) is 4. The van der Waals surface area contributed by atoms with Crippen LogP contribution in [0.25, 0.3) is 0 Å². The minimum Gasteiger partial charge on any atom is -0.508 e. The number of phenolic OH excluding ortho intramolecular Hbond substituents is 1. The van der Waals surface area contributed by atoms with Crippen LogP contribution in [0.2, 0.25) is 0 Å². The maximum atomic E-state index is 13.1. The first-order valence-electron chi connectivity index (χ1n) is 10.2. The fourth-order valence-electron chi connectivity index (χ4n) is 3.68. The highest BCUT2D eigenvalue weighted by Crippen LogP contribution is 2.21. The van der Waals surface area contributed by atoms with Gasteiger partial charge in [-0.2, -0.15) is 0 Å². The summed E-state index contributed by atoms with van der Waals surface area (Å²) in [6, 6.07) is 3.04. The molecule has 3 unspecified atom stereocenters. The molecule has 6 N–H and O–H groups in total. The molecule has 0 radical (unpaired) electrons. The van der Waals surface area contributed by atoms with Gasteiger partial charge < -0.3 is 26.8 Å². The lowest BCUT2D eigenvalue weighted by Gasteiger charge is -2.30. The number of hydrogen-bond acceptors (Lipinski definition) is 7. The van der Waals surface area contributed by atoms with Gasteiger partial charge in [0, 0.05) is 26.9 Å². The number of carbonyl (C=O) groups is 5. The molecule has 1 aliphatic rings. The lowest BCUT2D eigenvalue weighted by molar-refractivity contribution is -0.151. The van der Waals surface area contributed by atoms with Gasteiger partial charge in [0.05, 0.1) is 12.5 Å². The number of nitrogens with zero attached hydrogens (tertiary/aromatic N) is 2. The standard InChI is InChI=1S/C21H29N5O6/c1-12(27)24-16(10-13-5-7-14(28)8-6-13)20(31)25(2)21(32)17-4-3-9-26(17)19(30)15(22)11-18(23)29/h5-8,15-17,28H,3-4,9-11,22H2,1-2H3,(H2,23,29)(H,24,27). The number of phenols is 1. The monoisotopic (exact) mass is 447 g/mol. The lowest BCUT2D eigenvalue weighted by atomic mass is 10.0. The van der Waals surface area contributed by atoms with Crippen LogP contribution in [-0.2, 0) is 30.4 Å². The van der Waals surface area contributed by atoms with Crippen molar-refractivity contribution < 1.29 is 29.1 Å². The van der Waals surface area contributed by atoms with Gasteiger partial charge >= 0.3 is 0 Å². The van der Waals surface area contributed by atoms with Gasteiger partial charge in [-0.15, -0.1) is 0 Å². The third-order valence-corrected chi connectivity index (χ3v) is 5.27. The largest absolute Gasteiger partial charge is 0.508 e. The van der Waals surface area contributed by atoms with E-state index in [9.17, 15) is 29.1 Å². The molecule has 0 bridgehead atoms. The molecule has 1 saturated heterocycles. The molecule has 2 rings (SSSR count). The van der Waals surface area contributed by atoms with Crippen molar-refractivity contribution in [1.82, 2.24) is 15.1 Å². The number of likely N-dealkylation sites (N-methyl/N-ethyl adjacent to an activating group) is 1. The van der Waals surface area contributed by atoms with E-state index < -0.39 is 47.7 Å². The first-order valence-corrected chi connectivity index (χ1v) is 10.2. The zero-order valence-electron chi connectivity index (χ0n) is 18.1. The Morgan fingerprint density at radius 1 is 1.22 bits per heavy atom. The van der Waals surface area contributed by atoms with Crippen molar-refractivity contribution in [3.05, 3.63) is 29.8 Å². The number of likely N-dealkylation sites (tertiary alicyclic amines) is 1. The van der Waals surface area contributed by atoms with Gasteiger partial charge in [0.1, 0.15) is 17.8 Å². The first kappa shape index (κ1) is 24.8. The molecule has 174 valence electrons. The van der Waals surface area contributed by atoms with E-state index >= 15 is 0 Å². The van der Waals surface area contributed by atoms with Crippen LogP contribution in [0.4, 0.5) is 0 Å². The van der Waals surface area contributed by atoms with Crippen LogP contribution in [0.3, 0.4) is 0 Å². The Hall–Kier alpha value is -3.47. The van der Waals surface area contributed by atoms with Crippen molar-refractivity contribution in [1.29, 1.82) is 0 Å². The molecule has 1 fully saturated rings. The average molecular weight is 447 g/mol. The Balaban J connectivity index is 2.15. The number of rotatable bonds is 8. The average Bonchev–Trinajstić information content (AvgIpc) is 3.21. The molecule has 1 heterocycles. The Morgan fingerprint density at radius 3 is 2.41 bits per heavy atom. The van der Waals surface area contributed by atoms with Crippen molar-refractivity contribution in [2.75, 3.05) is 13.6 Å². The van der Waals surface area contributed by atoms with E-state index in [1.165, 1.54) is 31.0 Å². The van der Waals surface area contributed by atoms with E-state index in [-0.39, 0.29) is 25.1 Å². The van der Waals surface area contributed by atoms with Crippen molar-refractivity contribution >= 4 is 29.5 Å². The first-order chi connectivity index (χ1) is 15.0. The number of nitrogens with one attached hydrogen (secondary N) is 1. The van der Waals surface area contributed by atoms with Gasteiger partial charge in [0.25, 0.3) is 11.8 Å². The number of aromatic hydroxyl groups is 1. The van der Waals surface area contributed by atoms with Crippen LogP contribution in [0, 0.1) is 0 Å². The Bertz CT molecular complexity index is 887. The highest BCUT2D eigenvalue weighted by Gasteiger charge is 2.40. The normalized spacial score (nSPS) is 17.3. The van der Waals surface area contributed by atoms with Crippen LogP contribution in [0.1, 0.15) is 31.7 Å². The number of imide groups is 1. The van der Waals surface area contributed by atoms with Gasteiger partial charge in [0.2, 0.25) is 17.7 Å². The Kier molecular flexibility index (Phi) is 8.30. The van der Waals surface area contributed by atoms with Crippen LogP contribution in [-0.4, -0.2) is 76.2 Å². The Labute approximate surface area is 185 Å². The van der Waals surface area contributed by atoms with Gasteiger partial charge in [0.15, 0.2) is 0 Å². The van der Waals surface area contributed by atoms with E-state index in [1.54, 1.807) is 12.1 Å². The zero-order chi connectivity index (χ0) is 24.0. The topological polar surface area (TPSA) is 176 Å². The molecule has 3 atom stereocenters. The molecule has 0 saturated carbocycles. The van der Waals surface area contributed by atoms with Crippen molar-refractivity contribution in [3.8, 4) is 5.75 Å². The van der Waals surface area contributed by atoms with E-state index in [0.29, 0.717) is 18.4 Å². The summed E-state index contributed by atoms with van der Waals surface area (Å²) in [5.74, 6) is -2.94. The molecule has 1 aliphatic heterocycles. The van der Waals surface area contributed by atoms with Crippen molar-refractivity contribution in [3.63, 3.8) is 0 Å². The molecule has 11 nitrogen and oxygen atoms in total. The maximum absolute atomic E-state index is 13.1. The highest BCUT2D eigenvalue weighted by molar-refractivity contribution is 6.02. The smallest absolute Gasteiger partial charge is 0.251 e. The van der Waals surface area contributed by atoms with Crippen molar-refractivity contribution in [2.24, 2.45) is 11.5 Å². The van der Waals surface area contributed by atoms with Crippen LogP contribution < -0.4 is 16.8 Å². The van der Waals surface area contributed by atoms with Crippen LogP contribution in [0.5, 0.6) is 5.75 Å². The third-order valence-electron chi connectivity index (χ3n) is 5.27. The quantitative estimate of drug-likeness (QED) is 0.379. The molecule has 1 aromatic carbocycles. The maximum Gasteiger partial charge on any atom is 0.251 e. The highest BCUT2D eigenvalue weighted by atomic mass is 16.3. The fraction of sp³-hybridized carbons (Fsp3) is 0.476. The molecule has 1 aromatic rings. The second kappa shape index (κ2) is 10.7. The third kappa shape index (κ3) is 6.27. The van der Waals surface area contributed by atoms with Gasteiger partial charge in [-0.3, -0.25) is 28.9 Å². The van der Waals surface area contributed by atoms with Gasteiger partial charge in [-0.05, 0) is 30.5 Å². The number of nitrogens with two attached hydrogens (primary N) is 2. The molecule has 32 heavy (non-hydrogen) atoms. The summed E-state index contributed by atoms with van der Waals surface area (Å²) in [7, 11) is 1.29. The molecular formula is C21H29N5O6. The van der Waals surface area contributed by atoms with Gasteiger partial charge in [-0.1, -0.05) is 12.1 Å². The molecule has 0 spiro atoms. The second-order valence-electron chi connectivity index (χ2n) is 7.83. The minimum absolute atomic E-state index is 0.0592. The molecule has 5 amide bonds. The molecule has 0 aliphatic carbocycles. The number of benzene rings is 1. The summed E-state index contributed by atoms with van der Waals surface area (Å²) in [6.07, 6.45) is 0.639. The fourth-order valence-corrected chi connectivity index (χ4v) is 3.68. The molecular weight excluding hydrogens is 418 g/mol. The molecule has 11 heteroatoms. The summed E-state index contributed by atoms with van der Waals surface area (Å²) < 4.78 is 0. The lowest BCUT2D eigenvalue weighted by Crippen LogP contribution is -2.56. The molecule has 0 aromatic heterocycles.